The summed E-state index contributed by atoms with van der Waals surface area (Å²) >= 11 is 0. The molecular weight excluding hydrogens is 553 g/mol. The van der Waals surface area contributed by atoms with Gasteiger partial charge in [0.2, 0.25) is 0 Å². The summed E-state index contributed by atoms with van der Waals surface area (Å²) in [4.78, 5) is 33.1. The lowest BCUT2D eigenvalue weighted by Crippen LogP contribution is -2.54. The number of ether oxygens (including phenoxy) is 3. The quantitative estimate of drug-likeness (QED) is 0.348. The summed E-state index contributed by atoms with van der Waals surface area (Å²) in [6, 6.07) is 13.9. The van der Waals surface area contributed by atoms with E-state index in [1.54, 1.807) is 25.4 Å². The molecule has 0 bridgehead atoms. The topological polar surface area (TPSA) is 107 Å². The zero-order valence-corrected chi connectivity index (χ0v) is 24.8. The number of rotatable bonds is 10. The number of piperazine rings is 1. The molecule has 2 fully saturated rings. The number of amides is 2. The summed E-state index contributed by atoms with van der Waals surface area (Å²) in [5.74, 6) is -0.0926. The third-order valence-corrected chi connectivity index (χ3v) is 8.17. The van der Waals surface area contributed by atoms with E-state index < -0.39 is 11.9 Å². The van der Waals surface area contributed by atoms with Crippen LogP contribution in [0.2, 0.25) is 0 Å². The molecule has 3 aromatic rings. The Kier molecular flexibility index (Phi) is 10.1. The Morgan fingerprint density at radius 2 is 1.95 bits per heavy atom. The summed E-state index contributed by atoms with van der Waals surface area (Å²) < 4.78 is 32.5. The monoisotopic (exact) mass is 593 g/mol. The van der Waals surface area contributed by atoms with Crippen LogP contribution in [0.5, 0.6) is 11.5 Å². The molecule has 3 atom stereocenters. The first-order valence-electron chi connectivity index (χ1n) is 15.0. The van der Waals surface area contributed by atoms with Gasteiger partial charge in [-0.15, -0.1) is 0 Å². The molecule has 1 saturated heterocycles. The Morgan fingerprint density at radius 1 is 1.14 bits per heavy atom. The highest BCUT2D eigenvalue weighted by atomic mass is 19.1. The minimum absolute atomic E-state index is 0.0750. The standard InChI is InChI=1S/C32H40FN5O5/c1-3-42-32(40)36-26-11-7-8-12-27(26)38-21-35-29(30(38)22-9-5-4-6-10-22)31(39)37-17-16-34-20-23(37)15-18-43-28-14-13-24(41-2)19-25(28)33/h4-6,9-10,13-14,19,21,23,26-27,34H,3,7-8,11-12,15-18,20H2,1-2H3,(H,36,40)/t23-,26+,27+/m1/s1. The third kappa shape index (κ3) is 7.10. The van der Waals surface area contributed by atoms with Crippen LogP contribution in [-0.4, -0.2) is 78.5 Å². The predicted octanol–water partition coefficient (Wildman–Crippen LogP) is 4.81. The van der Waals surface area contributed by atoms with Gasteiger partial charge in [-0.1, -0.05) is 43.2 Å². The Bertz CT molecular complexity index is 1380. The smallest absolute Gasteiger partial charge is 0.407 e. The van der Waals surface area contributed by atoms with E-state index in [-0.39, 0.29) is 36.4 Å². The van der Waals surface area contributed by atoms with Crippen LogP contribution in [0.25, 0.3) is 11.3 Å². The molecule has 2 aliphatic rings. The van der Waals surface area contributed by atoms with Crippen molar-refractivity contribution in [3.8, 4) is 22.8 Å². The third-order valence-electron chi connectivity index (χ3n) is 8.17. The second-order valence-corrected chi connectivity index (χ2v) is 10.8. The highest BCUT2D eigenvalue weighted by molar-refractivity contribution is 5.98. The number of halogens is 1. The van der Waals surface area contributed by atoms with Gasteiger partial charge in [0.15, 0.2) is 17.3 Å². The van der Waals surface area contributed by atoms with Gasteiger partial charge in [0.05, 0.1) is 44.4 Å². The zero-order valence-electron chi connectivity index (χ0n) is 24.8. The first-order chi connectivity index (χ1) is 21.0. The molecule has 2 aromatic carbocycles. The van der Waals surface area contributed by atoms with Crippen molar-refractivity contribution in [2.75, 3.05) is 40.0 Å². The first-order valence-corrected chi connectivity index (χ1v) is 15.0. The van der Waals surface area contributed by atoms with Gasteiger partial charge in [-0.2, -0.15) is 0 Å². The van der Waals surface area contributed by atoms with Crippen LogP contribution in [0.15, 0.2) is 54.9 Å². The average molecular weight is 594 g/mol. The molecule has 0 radical (unpaired) electrons. The van der Waals surface area contributed by atoms with Gasteiger partial charge >= 0.3 is 6.09 Å². The Hall–Kier alpha value is -4.12. The van der Waals surface area contributed by atoms with Crippen LogP contribution in [0.1, 0.15) is 55.6 Å². The van der Waals surface area contributed by atoms with Crippen molar-refractivity contribution in [1.82, 2.24) is 25.1 Å². The summed E-state index contributed by atoms with van der Waals surface area (Å²) in [6.45, 7) is 4.09. The van der Waals surface area contributed by atoms with Crippen LogP contribution < -0.4 is 20.1 Å². The summed E-state index contributed by atoms with van der Waals surface area (Å²) in [7, 11) is 1.48. The number of carbonyl (C=O) groups is 2. The number of methoxy groups -OCH3 is 1. The summed E-state index contributed by atoms with van der Waals surface area (Å²) in [6.07, 6.45) is 5.48. The van der Waals surface area contributed by atoms with Crippen LogP contribution in [-0.2, 0) is 4.74 Å². The second-order valence-electron chi connectivity index (χ2n) is 10.8. The number of hydrogen-bond donors (Lipinski definition) is 2. The van der Waals surface area contributed by atoms with Crippen LogP contribution in [0.3, 0.4) is 0 Å². The molecule has 1 aliphatic heterocycles. The maximum Gasteiger partial charge on any atom is 0.407 e. The minimum atomic E-state index is -0.495. The Labute approximate surface area is 251 Å². The van der Waals surface area contributed by atoms with Gasteiger partial charge in [0, 0.05) is 43.7 Å². The minimum Gasteiger partial charge on any atom is -0.497 e. The van der Waals surface area contributed by atoms with Gasteiger partial charge in [-0.3, -0.25) is 4.79 Å². The number of benzene rings is 2. The second kappa shape index (κ2) is 14.4. The van der Waals surface area contributed by atoms with Crippen molar-refractivity contribution in [3.05, 3.63) is 66.4 Å². The maximum absolute atomic E-state index is 14.4. The van der Waals surface area contributed by atoms with E-state index in [4.69, 9.17) is 19.2 Å². The molecule has 0 unspecified atom stereocenters. The van der Waals surface area contributed by atoms with E-state index in [0.29, 0.717) is 44.1 Å². The van der Waals surface area contributed by atoms with Crippen LogP contribution >= 0.6 is 0 Å². The molecule has 5 rings (SSSR count). The van der Waals surface area contributed by atoms with Crippen molar-refractivity contribution in [3.63, 3.8) is 0 Å². The molecule has 43 heavy (non-hydrogen) atoms. The fourth-order valence-electron chi connectivity index (χ4n) is 6.04. The Morgan fingerprint density at radius 3 is 2.72 bits per heavy atom. The van der Waals surface area contributed by atoms with Crippen molar-refractivity contribution >= 4 is 12.0 Å². The number of hydrogen-bond acceptors (Lipinski definition) is 7. The fourth-order valence-corrected chi connectivity index (χ4v) is 6.04. The molecule has 230 valence electrons. The van der Waals surface area contributed by atoms with Crippen molar-refractivity contribution < 1.29 is 28.2 Å². The van der Waals surface area contributed by atoms with Crippen molar-refractivity contribution in [2.45, 2.75) is 57.2 Å². The van der Waals surface area contributed by atoms with Crippen molar-refractivity contribution in [2.24, 2.45) is 0 Å². The van der Waals surface area contributed by atoms with Gasteiger partial charge < -0.3 is 34.3 Å². The number of imidazole rings is 1. The van der Waals surface area contributed by atoms with Gasteiger partial charge in [-0.25, -0.2) is 14.2 Å². The molecule has 2 amide bonds. The average Bonchev–Trinajstić information content (AvgIpc) is 3.47. The first kappa shape index (κ1) is 30.3. The lowest BCUT2D eigenvalue weighted by molar-refractivity contribution is 0.0600. The highest BCUT2D eigenvalue weighted by Crippen LogP contribution is 2.35. The summed E-state index contributed by atoms with van der Waals surface area (Å²) in [5.41, 5.74) is 2.00. The maximum atomic E-state index is 14.4. The number of nitrogens with zero attached hydrogens (tertiary/aromatic N) is 3. The van der Waals surface area contributed by atoms with Gasteiger partial charge in [0.25, 0.3) is 5.91 Å². The predicted molar refractivity (Wildman–Crippen MR) is 160 cm³/mol. The SMILES string of the molecule is CCOC(=O)N[C@H]1CCCC[C@@H]1n1cnc(C(=O)N2CCNC[C@H]2CCOc2ccc(OC)cc2F)c1-c1ccccc1. The molecule has 10 nitrogen and oxygen atoms in total. The molecular formula is C32H40FN5O5. The van der Waals surface area contributed by atoms with E-state index in [0.717, 1.165) is 36.9 Å². The van der Waals surface area contributed by atoms with Crippen molar-refractivity contribution in [1.29, 1.82) is 0 Å². The summed E-state index contributed by atoms with van der Waals surface area (Å²) in [5, 5.41) is 6.41. The molecule has 11 heteroatoms. The molecule has 2 heterocycles. The number of aromatic nitrogens is 2. The Balaban J connectivity index is 1.38. The largest absolute Gasteiger partial charge is 0.497 e. The van der Waals surface area contributed by atoms with Crippen LogP contribution in [0.4, 0.5) is 9.18 Å². The van der Waals surface area contributed by atoms with E-state index in [1.165, 1.54) is 13.2 Å². The number of nitrogens with one attached hydrogen (secondary N) is 2. The fraction of sp³-hybridized carbons (Fsp3) is 0.469. The lowest BCUT2D eigenvalue weighted by atomic mass is 9.89. The lowest BCUT2D eigenvalue weighted by Gasteiger charge is -2.36. The molecule has 1 aromatic heterocycles. The van der Waals surface area contributed by atoms with E-state index in [2.05, 4.69) is 15.2 Å². The van der Waals surface area contributed by atoms with Crippen LogP contribution in [0, 0.1) is 5.82 Å². The van der Waals surface area contributed by atoms with E-state index >= 15 is 0 Å². The molecule has 2 N–H and O–H groups in total. The number of alkyl carbamates (subject to hydrolysis) is 1. The molecule has 1 aliphatic carbocycles. The molecule has 0 spiro atoms. The van der Waals surface area contributed by atoms with E-state index in [1.807, 2.05) is 35.2 Å². The van der Waals surface area contributed by atoms with Gasteiger partial charge in [0.1, 0.15) is 5.75 Å². The number of carbonyl (C=O) groups excluding carboxylic acids is 2. The zero-order chi connectivity index (χ0) is 30.2. The van der Waals surface area contributed by atoms with E-state index in [9.17, 15) is 14.0 Å². The molecule has 1 saturated carbocycles. The normalized spacial score (nSPS) is 20.3. The highest BCUT2D eigenvalue weighted by Gasteiger charge is 2.35. The van der Waals surface area contributed by atoms with Gasteiger partial charge in [-0.05, 0) is 31.9 Å².